The van der Waals surface area contributed by atoms with Gasteiger partial charge in [0.15, 0.2) is 0 Å². The number of benzene rings is 1. The highest BCUT2D eigenvalue weighted by atomic mass is 35.5. The maximum atomic E-state index is 12.1. The van der Waals surface area contributed by atoms with E-state index in [-0.39, 0.29) is 5.91 Å². The van der Waals surface area contributed by atoms with Crippen molar-refractivity contribution >= 4 is 23.2 Å². The highest BCUT2D eigenvalue weighted by molar-refractivity contribution is 6.33. The van der Waals surface area contributed by atoms with Crippen molar-refractivity contribution in [2.24, 2.45) is 5.92 Å². The molecule has 0 heterocycles. The SMILES string of the molecule is COc1cc(N)c(Cl)cc1C(=O)NCCCOCC1CC1. The Balaban J connectivity index is 1.77. The van der Waals surface area contributed by atoms with Crippen molar-refractivity contribution in [3.8, 4) is 5.75 Å². The lowest BCUT2D eigenvalue weighted by Crippen LogP contribution is -2.26. The maximum absolute atomic E-state index is 12.1. The van der Waals surface area contributed by atoms with Gasteiger partial charge in [-0.3, -0.25) is 4.79 Å². The molecule has 0 aromatic heterocycles. The lowest BCUT2D eigenvalue weighted by Gasteiger charge is -2.11. The Bertz CT molecular complexity index is 504. The van der Waals surface area contributed by atoms with Crippen LogP contribution in [0.15, 0.2) is 12.1 Å². The van der Waals surface area contributed by atoms with Crippen LogP contribution in [0.4, 0.5) is 5.69 Å². The Morgan fingerprint density at radius 2 is 2.24 bits per heavy atom. The monoisotopic (exact) mass is 312 g/mol. The molecule has 0 bridgehead atoms. The number of halogens is 1. The fourth-order valence-corrected chi connectivity index (χ4v) is 2.08. The quantitative estimate of drug-likeness (QED) is 0.571. The number of nitrogen functional groups attached to an aromatic ring is 1. The Labute approximate surface area is 129 Å². The van der Waals surface area contributed by atoms with Gasteiger partial charge in [0.1, 0.15) is 5.75 Å². The van der Waals surface area contributed by atoms with E-state index in [1.807, 2.05) is 0 Å². The summed E-state index contributed by atoms with van der Waals surface area (Å²) in [6, 6.07) is 3.07. The normalized spacial score (nSPS) is 14.0. The van der Waals surface area contributed by atoms with Crippen molar-refractivity contribution in [2.75, 3.05) is 32.6 Å². The standard InChI is InChI=1S/C15H21ClN2O3/c1-20-14-8-13(17)12(16)7-11(14)15(19)18-5-2-6-21-9-10-3-4-10/h7-8,10H,2-6,9,17H2,1H3,(H,18,19). The largest absolute Gasteiger partial charge is 0.496 e. The van der Waals surface area contributed by atoms with Crippen LogP contribution in [0.2, 0.25) is 5.02 Å². The van der Waals surface area contributed by atoms with E-state index in [0.717, 1.165) is 18.9 Å². The summed E-state index contributed by atoms with van der Waals surface area (Å²) in [4.78, 5) is 12.1. The number of anilines is 1. The zero-order valence-electron chi connectivity index (χ0n) is 12.2. The molecule has 3 N–H and O–H groups in total. The van der Waals surface area contributed by atoms with E-state index < -0.39 is 0 Å². The number of rotatable bonds is 8. The smallest absolute Gasteiger partial charge is 0.255 e. The Hall–Kier alpha value is -1.46. The van der Waals surface area contributed by atoms with Crippen LogP contribution in [0.1, 0.15) is 29.6 Å². The van der Waals surface area contributed by atoms with Gasteiger partial charge in [0.25, 0.3) is 5.91 Å². The minimum atomic E-state index is -0.226. The third-order valence-electron chi connectivity index (χ3n) is 3.36. The molecule has 0 atom stereocenters. The minimum Gasteiger partial charge on any atom is -0.496 e. The van der Waals surface area contributed by atoms with Gasteiger partial charge in [-0.2, -0.15) is 0 Å². The molecule has 6 heteroatoms. The third-order valence-corrected chi connectivity index (χ3v) is 3.69. The van der Waals surface area contributed by atoms with Crippen LogP contribution >= 0.6 is 11.6 Å². The number of hydrogen-bond donors (Lipinski definition) is 2. The molecule has 1 fully saturated rings. The fraction of sp³-hybridized carbons (Fsp3) is 0.533. The summed E-state index contributed by atoms with van der Waals surface area (Å²) in [5.74, 6) is 0.955. The van der Waals surface area contributed by atoms with Crippen LogP contribution in [0.3, 0.4) is 0 Å². The second-order valence-corrected chi connectivity index (χ2v) is 5.61. The summed E-state index contributed by atoms with van der Waals surface area (Å²) in [5, 5.41) is 3.17. The molecule has 0 radical (unpaired) electrons. The molecule has 0 unspecified atom stereocenters. The molecule has 0 spiro atoms. The Morgan fingerprint density at radius 1 is 1.48 bits per heavy atom. The van der Waals surface area contributed by atoms with Gasteiger partial charge in [-0.1, -0.05) is 11.6 Å². The van der Waals surface area contributed by atoms with Gasteiger partial charge in [0.2, 0.25) is 0 Å². The molecule has 0 aliphatic heterocycles. The zero-order valence-corrected chi connectivity index (χ0v) is 12.9. The lowest BCUT2D eigenvalue weighted by molar-refractivity contribution is 0.0934. The van der Waals surface area contributed by atoms with Crippen molar-refractivity contribution in [2.45, 2.75) is 19.3 Å². The molecule has 21 heavy (non-hydrogen) atoms. The number of hydrogen-bond acceptors (Lipinski definition) is 4. The van der Waals surface area contributed by atoms with Crippen LogP contribution in [0, 0.1) is 5.92 Å². The molecule has 1 aliphatic carbocycles. The third kappa shape index (κ3) is 4.79. The number of carbonyl (C=O) groups is 1. The summed E-state index contributed by atoms with van der Waals surface area (Å²) in [5.41, 5.74) is 6.46. The van der Waals surface area contributed by atoms with Gasteiger partial charge in [-0.15, -0.1) is 0 Å². The number of methoxy groups -OCH3 is 1. The Morgan fingerprint density at radius 3 is 2.90 bits per heavy atom. The van der Waals surface area contributed by atoms with Gasteiger partial charge in [-0.25, -0.2) is 0 Å². The van der Waals surface area contributed by atoms with E-state index in [1.165, 1.54) is 26.0 Å². The lowest BCUT2D eigenvalue weighted by atomic mass is 10.1. The average Bonchev–Trinajstić information content (AvgIpc) is 3.29. The van der Waals surface area contributed by atoms with E-state index >= 15 is 0 Å². The summed E-state index contributed by atoms with van der Waals surface area (Å²) in [6.45, 7) is 2.06. The first-order valence-corrected chi connectivity index (χ1v) is 7.48. The summed E-state index contributed by atoms with van der Waals surface area (Å²) >= 11 is 5.94. The highest BCUT2D eigenvalue weighted by Crippen LogP contribution is 2.29. The first-order chi connectivity index (χ1) is 10.1. The van der Waals surface area contributed by atoms with Gasteiger partial charge in [-0.05, 0) is 31.2 Å². The molecular formula is C15H21ClN2O3. The van der Waals surface area contributed by atoms with Crippen LogP contribution in [-0.4, -0.2) is 32.8 Å². The summed E-state index contributed by atoms with van der Waals surface area (Å²) in [7, 11) is 1.49. The van der Waals surface area contributed by atoms with Crippen molar-refractivity contribution in [1.82, 2.24) is 5.32 Å². The van der Waals surface area contributed by atoms with Gasteiger partial charge in [0.05, 0.1) is 23.4 Å². The van der Waals surface area contributed by atoms with Crippen molar-refractivity contribution in [3.63, 3.8) is 0 Å². The molecule has 1 saturated carbocycles. The maximum Gasteiger partial charge on any atom is 0.255 e. The first-order valence-electron chi connectivity index (χ1n) is 7.10. The van der Waals surface area contributed by atoms with E-state index in [2.05, 4.69) is 5.32 Å². The number of amides is 1. The molecule has 0 saturated heterocycles. The van der Waals surface area contributed by atoms with E-state index in [4.69, 9.17) is 26.8 Å². The van der Waals surface area contributed by atoms with Crippen LogP contribution in [-0.2, 0) is 4.74 Å². The minimum absolute atomic E-state index is 0.226. The first kappa shape index (κ1) is 15.9. The van der Waals surface area contributed by atoms with Crippen LogP contribution < -0.4 is 15.8 Å². The van der Waals surface area contributed by atoms with Crippen molar-refractivity contribution in [3.05, 3.63) is 22.7 Å². The van der Waals surface area contributed by atoms with Gasteiger partial charge >= 0.3 is 0 Å². The van der Waals surface area contributed by atoms with Crippen molar-refractivity contribution in [1.29, 1.82) is 0 Å². The molecule has 116 valence electrons. The molecule has 1 amide bonds. The molecule has 1 aliphatic rings. The van der Waals surface area contributed by atoms with E-state index in [9.17, 15) is 4.79 Å². The van der Waals surface area contributed by atoms with Crippen LogP contribution in [0.5, 0.6) is 5.75 Å². The topological polar surface area (TPSA) is 73.6 Å². The Kier molecular flexibility index (Phi) is 5.70. The number of ether oxygens (including phenoxy) is 2. The number of carbonyl (C=O) groups excluding carboxylic acids is 1. The van der Waals surface area contributed by atoms with Gasteiger partial charge < -0.3 is 20.5 Å². The molecular weight excluding hydrogens is 292 g/mol. The number of nitrogens with one attached hydrogen (secondary N) is 1. The molecule has 1 aromatic rings. The zero-order chi connectivity index (χ0) is 15.2. The van der Waals surface area contributed by atoms with E-state index in [0.29, 0.717) is 35.2 Å². The second-order valence-electron chi connectivity index (χ2n) is 5.20. The highest BCUT2D eigenvalue weighted by Gasteiger charge is 2.20. The fourth-order valence-electron chi connectivity index (χ4n) is 1.92. The number of nitrogens with two attached hydrogens (primary N) is 1. The van der Waals surface area contributed by atoms with Crippen molar-refractivity contribution < 1.29 is 14.3 Å². The van der Waals surface area contributed by atoms with Crippen LogP contribution in [0.25, 0.3) is 0 Å². The molecule has 1 aromatic carbocycles. The van der Waals surface area contributed by atoms with E-state index in [1.54, 1.807) is 6.07 Å². The predicted molar refractivity (Wildman–Crippen MR) is 82.9 cm³/mol. The summed E-state index contributed by atoms with van der Waals surface area (Å²) in [6.07, 6.45) is 3.35. The molecule has 2 rings (SSSR count). The second kappa shape index (κ2) is 7.52. The van der Waals surface area contributed by atoms with Gasteiger partial charge in [0, 0.05) is 25.8 Å². The predicted octanol–water partition coefficient (Wildman–Crippen LogP) is 2.48. The molecule has 5 nitrogen and oxygen atoms in total. The summed E-state index contributed by atoms with van der Waals surface area (Å²) < 4.78 is 10.7. The average molecular weight is 313 g/mol.